The molecule has 3 heteroatoms. The monoisotopic (exact) mass is 226 g/mol. The van der Waals surface area contributed by atoms with Crippen LogP contribution in [0.25, 0.3) is 0 Å². The minimum Gasteiger partial charge on any atom is -0.355 e. The average molecular weight is 226 g/mol. The smallest absolute Gasteiger partial charge is 0.233 e. The minimum atomic E-state index is 0.141. The zero-order chi connectivity index (χ0) is 11.8. The second-order valence-electron chi connectivity index (χ2n) is 4.87. The van der Waals surface area contributed by atoms with Crippen molar-refractivity contribution in [1.29, 1.82) is 0 Å². The van der Waals surface area contributed by atoms with Crippen molar-refractivity contribution in [1.82, 2.24) is 10.6 Å². The number of hydrogen-bond donors (Lipinski definition) is 2. The molecule has 1 aliphatic carbocycles. The molecule has 94 valence electrons. The maximum absolute atomic E-state index is 11.5. The lowest BCUT2D eigenvalue weighted by Gasteiger charge is -2.16. The maximum atomic E-state index is 11.5. The Kier molecular flexibility index (Phi) is 6.46. The summed E-state index contributed by atoms with van der Waals surface area (Å²) in [7, 11) is 0. The van der Waals surface area contributed by atoms with Crippen LogP contribution in [0.15, 0.2) is 0 Å². The maximum Gasteiger partial charge on any atom is 0.233 e. The summed E-state index contributed by atoms with van der Waals surface area (Å²) in [4.78, 5) is 11.5. The molecular weight excluding hydrogens is 200 g/mol. The molecule has 16 heavy (non-hydrogen) atoms. The lowest BCUT2D eigenvalue weighted by Crippen LogP contribution is -2.39. The molecule has 0 bridgehead atoms. The minimum absolute atomic E-state index is 0.141. The van der Waals surface area contributed by atoms with Crippen molar-refractivity contribution in [2.24, 2.45) is 5.92 Å². The average Bonchev–Trinajstić information content (AvgIpc) is 3.08. The summed E-state index contributed by atoms with van der Waals surface area (Å²) in [5, 5.41) is 6.29. The number of unbranched alkanes of at least 4 members (excludes halogenated alkanes) is 1. The SMILES string of the molecule is CCCCNC(=O)CNC(CC)CC1CC1. The summed E-state index contributed by atoms with van der Waals surface area (Å²) >= 11 is 0. The van der Waals surface area contributed by atoms with E-state index >= 15 is 0 Å². The zero-order valence-corrected chi connectivity index (χ0v) is 10.7. The lowest BCUT2D eigenvalue weighted by molar-refractivity contribution is -0.120. The standard InChI is InChI=1S/C13H26N2O/c1-3-5-8-14-13(16)10-15-12(4-2)9-11-6-7-11/h11-12,15H,3-10H2,1-2H3,(H,14,16). The second kappa shape index (κ2) is 7.66. The van der Waals surface area contributed by atoms with Gasteiger partial charge in [-0.3, -0.25) is 4.79 Å². The largest absolute Gasteiger partial charge is 0.355 e. The van der Waals surface area contributed by atoms with Crippen LogP contribution >= 0.6 is 0 Å². The topological polar surface area (TPSA) is 41.1 Å². The van der Waals surface area contributed by atoms with Crippen LogP contribution in [0.2, 0.25) is 0 Å². The molecule has 2 N–H and O–H groups in total. The van der Waals surface area contributed by atoms with E-state index in [0.29, 0.717) is 12.6 Å². The van der Waals surface area contributed by atoms with Crippen LogP contribution in [0.5, 0.6) is 0 Å². The van der Waals surface area contributed by atoms with Crippen LogP contribution in [0, 0.1) is 5.92 Å². The van der Waals surface area contributed by atoms with Crippen LogP contribution in [-0.2, 0) is 4.79 Å². The van der Waals surface area contributed by atoms with E-state index in [1.54, 1.807) is 0 Å². The van der Waals surface area contributed by atoms with Gasteiger partial charge in [-0.1, -0.05) is 33.1 Å². The third-order valence-corrected chi connectivity index (χ3v) is 3.21. The first-order chi connectivity index (χ1) is 7.76. The van der Waals surface area contributed by atoms with E-state index in [1.165, 1.54) is 19.3 Å². The molecular formula is C13H26N2O. The Labute approximate surface area is 99.4 Å². The van der Waals surface area contributed by atoms with Gasteiger partial charge in [0.1, 0.15) is 0 Å². The molecule has 0 heterocycles. The molecule has 0 aromatic heterocycles. The first kappa shape index (κ1) is 13.5. The van der Waals surface area contributed by atoms with Crippen molar-refractivity contribution in [3.8, 4) is 0 Å². The highest BCUT2D eigenvalue weighted by Gasteiger charge is 2.24. The summed E-state index contributed by atoms with van der Waals surface area (Å²) in [5.74, 6) is 1.07. The Bertz CT molecular complexity index is 202. The molecule has 1 amide bonds. The fraction of sp³-hybridized carbons (Fsp3) is 0.923. The van der Waals surface area contributed by atoms with E-state index in [4.69, 9.17) is 0 Å². The van der Waals surface area contributed by atoms with E-state index in [9.17, 15) is 4.79 Å². The van der Waals surface area contributed by atoms with E-state index in [-0.39, 0.29) is 5.91 Å². The molecule has 0 aromatic rings. The molecule has 0 radical (unpaired) electrons. The third kappa shape index (κ3) is 6.11. The molecule has 0 aliphatic heterocycles. The number of carbonyl (C=O) groups excluding carboxylic acids is 1. The molecule has 3 nitrogen and oxygen atoms in total. The summed E-state index contributed by atoms with van der Waals surface area (Å²) < 4.78 is 0. The summed E-state index contributed by atoms with van der Waals surface area (Å²) in [5.41, 5.74) is 0. The van der Waals surface area contributed by atoms with Gasteiger partial charge in [-0.15, -0.1) is 0 Å². The van der Waals surface area contributed by atoms with Gasteiger partial charge in [-0.2, -0.15) is 0 Å². The molecule has 1 aliphatic rings. The molecule has 1 fully saturated rings. The van der Waals surface area contributed by atoms with Gasteiger partial charge in [0.25, 0.3) is 0 Å². The predicted octanol–water partition coefficient (Wildman–Crippen LogP) is 2.07. The molecule has 0 saturated heterocycles. The highest BCUT2D eigenvalue weighted by Crippen LogP contribution is 2.33. The Morgan fingerprint density at radius 2 is 2.12 bits per heavy atom. The van der Waals surface area contributed by atoms with Gasteiger partial charge in [0, 0.05) is 12.6 Å². The molecule has 1 rings (SSSR count). The van der Waals surface area contributed by atoms with E-state index < -0.39 is 0 Å². The van der Waals surface area contributed by atoms with Crippen molar-refractivity contribution in [3.05, 3.63) is 0 Å². The van der Waals surface area contributed by atoms with Crippen molar-refractivity contribution < 1.29 is 4.79 Å². The van der Waals surface area contributed by atoms with Crippen molar-refractivity contribution in [2.45, 2.75) is 58.4 Å². The first-order valence-corrected chi connectivity index (χ1v) is 6.76. The fourth-order valence-corrected chi connectivity index (χ4v) is 1.85. The van der Waals surface area contributed by atoms with Crippen molar-refractivity contribution in [3.63, 3.8) is 0 Å². The van der Waals surface area contributed by atoms with Crippen LogP contribution in [0.1, 0.15) is 52.4 Å². The van der Waals surface area contributed by atoms with Gasteiger partial charge in [0.05, 0.1) is 6.54 Å². The van der Waals surface area contributed by atoms with Crippen molar-refractivity contribution in [2.75, 3.05) is 13.1 Å². The van der Waals surface area contributed by atoms with Crippen molar-refractivity contribution >= 4 is 5.91 Å². The quantitative estimate of drug-likeness (QED) is 0.591. The fourth-order valence-electron chi connectivity index (χ4n) is 1.85. The van der Waals surface area contributed by atoms with Crippen LogP contribution in [0.3, 0.4) is 0 Å². The number of amides is 1. The molecule has 1 unspecified atom stereocenters. The zero-order valence-electron chi connectivity index (χ0n) is 10.7. The number of rotatable bonds is 9. The van der Waals surface area contributed by atoms with Gasteiger partial charge >= 0.3 is 0 Å². The highest BCUT2D eigenvalue weighted by atomic mass is 16.1. The summed E-state index contributed by atoms with van der Waals surface area (Å²) in [6, 6.07) is 0.532. The summed E-state index contributed by atoms with van der Waals surface area (Å²) in [6.45, 7) is 5.62. The first-order valence-electron chi connectivity index (χ1n) is 6.76. The summed E-state index contributed by atoms with van der Waals surface area (Å²) in [6.07, 6.45) is 7.36. The van der Waals surface area contributed by atoms with Gasteiger partial charge in [0.2, 0.25) is 5.91 Å². The third-order valence-electron chi connectivity index (χ3n) is 3.21. The normalized spacial score (nSPS) is 17.1. The number of nitrogens with one attached hydrogen (secondary N) is 2. The molecule has 1 atom stereocenters. The number of carbonyl (C=O) groups is 1. The Morgan fingerprint density at radius 1 is 1.38 bits per heavy atom. The van der Waals surface area contributed by atoms with Gasteiger partial charge in [0.15, 0.2) is 0 Å². The van der Waals surface area contributed by atoms with Gasteiger partial charge < -0.3 is 10.6 Å². The molecule has 0 spiro atoms. The Balaban J connectivity index is 2.03. The second-order valence-corrected chi connectivity index (χ2v) is 4.87. The lowest BCUT2D eigenvalue weighted by atomic mass is 10.1. The Morgan fingerprint density at radius 3 is 2.69 bits per heavy atom. The van der Waals surface area contributed by atoms with Crippen LogP contribution in [-0.4, -0.2) is 25.0 Å². The van der Waals surface area contributed by atoms with E-state index in [0.717, 1.165) is 31.7 Å². The molecule has 0 aromatic carbocycles. The predicted molar refractivity (Wildman–Crippen MR) is 67.3 cm³/mol. The van der Waals surface area contributed by atoms with Gasteiger partial charge in [-0.25, -0.2) is 0 Å². The van der Waals surface area contributed by atoms with E-state index in [2.05, 4.69) is 24.5 Å². The highest BCUT2D eigenvalue weighted by molar-refractivity contribution is 5.77. The van der Waals surface area contributed by atoms with E-state index in [1.807, 2.05) is 0 Å². The van der Waals surface area contributed by atoms with Crippen LogP contribution < -0.4 is 10.6 Å². The Hall–Kier alpha value is -0.570. The number of hydrogen-bond acceptors (Lipinski definition) is 2. The van der Waals surface area contributed by atoms with Crippen LogP contribution in [0.4, 0.5) is 0 Å². The van der Waals surface area contributed by atoms with Gasteiger partial charge in [-0.05, 0) is 25.2 Å². The molecule has 1 saturated carbocycles.